The van der Waals surface area contributed by atoms with Gasteiger partial charge in [0.15, 0.2) is 23.1 Å². The minimum absolute atomic E-state index is 0.125. The van der Waals surface area contributed by atoms with Crippen LogP contribution in [0.5, 0.6) is 0 Å². The number of para-hydroxylation sites is 2. The number of benzene rings is 2. The van der Waals surface area contributed by atoms with E-state index in [4.69, 9.17) is 4.74 Å². The molecule has 0 unspecified atom stereocenters. The Morgan fingerprint density at radius 2 is 1.70 bits per heavy atom. The maximum absolute atomic E-state index is 13.4. The maximum atomic E-state index is 13.4. The molecule has 1 N–H and O–H groups in total. The molecule has 1 aromatic heterocycles. The second-order valence-corrected chi connectivity index (χ2v) is 6.07. The standard InChI is InChI=1S/C19H16F2N4O2/c20-13-6-5-12(11-14(13)21)22-19(26)17-18(25-7-9-27-10-8-25)24-16-4-2-1-3-15(16)23-17/h1-6,11H,7-10H2,(H,22,26). The van der Waals surface area contributed by atoms with Gasteiger partial charge in [0, 0.05) is 24.8 Å². The van der Waals surface area contributed by atoms with E-state index >= 15 is 0 Å². The Morgan fingerprint density at radius 1 is 1.00 bits per heavy atom. The third-order valence-electron chi connectivity index (χ3n) is 4.26. The molecule has 1 amide bonds. The highest BCUT2D eigenvalue weighted by atomic mass is 19.2. The number of halogens is 2. The van der Waals surface area contributed by atoms with E-state index in [9.17, 15) is 13.6 Å². The molecule has 1 aliphatic heterocycles. The first kappa shape index (κ1) is 17.3. The normalized spacial score (nSPS) is 14.4. The lowest BCUT2D eigenvalue weighted by Gasteiger charge is -2.29. The number of morpholine rings is 1. The van der Waals surface area contributed by atoms with Crippen LogP contribution in [0.3, 0.4) is 0 Å². The van der Waals surface area contributed by atoms with Crippen molar-refractivity contribution in [2.75, 3.05) is 36.5 Å². The Labute approximate surface area is 153 Å². The minimum Gasteiger partial charge on any atom is -0.378 e. The number of carbonyl (C=O) groups is 1. The van der Waals surface area contributed by atoms with Crippen LogP contribution in [0.2, 0.25) is 0 Å². The molecule has 0 atom stereocenters. The van der Waals surface area contributed by atoms with Crippen molar-refractivity contribution in [3.63, 3.8) is 0 Å². The number of hydrogen-bond acceptors (Lipinski definition) is 5. The zero-order chi connectivity index (χ0) is 18.8. The zero-order valence-corrected chi connectivity index (χ0v) is 14.3. The molecule has 138 valence electrons. The molecule has 3 aromatic rings. The molecule has 0 bridgehead atoms. The Bertz CT molecular complexity index is 1010. The van der Waals surface area contributed by atoms with E-state index < -0.39 is 17.5 Å². The number of ether oxygens (including phenoxy) is 1. The van der Waals surface area contributed by atoms with Gasteiger partial charge >= 0.3 is 0 Å². The van der Waals surface area contributed by atoms with Gasteiger partial charge in [-0.05, 0) is 24.3 Å². The molecular formula is C19H16F2N4O2. The van der Waals surface area contributed by atoms with Gasteiger partial charge in [-0.3, -0.25) is 4.79 Å². The lowest BCUT2D eigenvalue weighted by Crippen LogP contribution is -2.38. The van der Waals surface area contributed by atoms with Crippen molar-refractivity contribution >= 4 is 28.4 Å². The van der Waals surface area contributed by atoms with E-state index in [2.05, 4.69) is 15.3 Å². The van der Waals surface area contributed by atoms with Gasteiger partial charge in [0.2, 0.25) is 0 Å². The lowest BCUT2D eigenvalue weighted by atomic mass is 10.2. The number of anilines is 2. The second kappa shape index (κ2) is 7.24. The second-order valence-electron chi connectivity index (χ2n) is 6.07. The van der Waals surface area contributed by atoms with E-state index in [-0.39, 0.29) is 11.4 Å². The summed E-state index contributed by atoms with van der Waals surface area (Å²) in [6.07, 6.45) is 0. The Hall–Kier alpha value is -3.13. The van der Waals surface area contributed by atoms with Crippen LogP contribution in [0.25, 0.3) is 11.0 Å². The largest absolute Gasteiger partial charge is 0.378 e. The number of nitrogens with zero attached hydrogens (tertiary/aromatic N) is 3. The summed E-state index contributed by atoms with van der Waals surface area (Å²) >= 11 is 0. The average molecular weight is 370 g/mol. The number of carbonyl (C=O) groups excluding carboxylic acids is 1. The fourth-order valence-corrected chi connectivity index (χ4v) is 2.90. The average Bonchev–Trinajstić information content (AvgIpc) is 2.70. The van der Waals surface area contributed by atoms with Gasteiger partial charge in [0.05, 0.1) is 24.2 Å². The SMILES string of the molecule is O=C(Nc1ccc(F)c(F)c1)c1nc2ccccc2nc1N1CCOCC1. The van der Waals surface area contributed by atoms with Gasteiger partial charge in [-0.2, -0.15) is 0 Å². The van der Waals surface area contributed by atoms with Gasteiger partial charge in [0.1, 0.15) is 0 Å². The van der Waals surface area contributed by atoms with Crippen molar-refractivity contribution in [2.45, 2.75) is 0 Å². The molecule has 2 heterocycles. The highest BCUT2D eigenvalue weighted by Crippen LogP contribution is 2.23. The van der Waals surface area contributed by atoms with Crippen molar-refractivity contribution < 1.29 is 18.3 Å². The Morgan fingerprint density at radius 3 is 2.41 bits per heavy atom. The number of amides is 1. The quantitative estimate of drug-likeness (QED) is 0.768. The van der Waals surface area contributed by atoms with Crippen LogP contribution in [0.15, 0.2) is 42.5 Å². The molecule has 6 nitrogen and oxygen atoms in total. The fraction of sp³-hybridized carbons (Fsp3) is 0.211. The van der Waals surface area contributed by atoms with Gasteiger partial charge in [-0.1, -0.05) is 12.1 Å². The Kier molecular flexibility index (Phi) is 4.64. The molecule has 8 heteroatoms. The minimum atomic E-state index is -1.04. The summed E-state index contributed by atoms with van der Waals surface area (Å²) in [5.41, 5.74) is 1.51. The predicted molar refractivity (Wildman–Crippen MR) is 96.9 cm³/mol. The molecule has 1 aliphatic rings. The molecule has 2 aromatic carbocycles. The van der Waals surface area contributed by atoms with E-state index in [0.717, 1.165) is 12.1 Å². The molecule has 0 saturated carbocycles. The van der Waals surface area contributed by atoms with Crippen LogP contribution in [0, 0.1) is 11.6 Å². The summed E-state index contributed by atoms with van der Waals surface area (Å²) < 4.78 is 31.9. The molecule has 0 spiro atoms. The van der Waals surface area contributed by atoms with Crippen molar-refractivity contribution in [3.8, 4) is 0 Å². The number of rotatable bonds is 3. The van der Waals surface area contributed by atoms with Crippen molar-refractivity contribution in [2.24, 2.45) is 0 Å². The van der Waals surface area contributed by atoms with Crippen molar-refractivity contribution in [3.05, 3.63) is 59.8 Å². The number of fused-ring (bicyclic) bond motifs is 1. The third kappa shape index (κ3) is 3.56. The van der Waals surface area contributed by atoms with Gasteiger partial charge in [0.25, 0.3) is 5.91 Å². The number of aromatic nitrogens is 2. The van der Waals surface area contributed by atoms with Crippen LogP contribution in [0.1, 0.15) is 10.5 Å². The first-order chi connectivity index (χ1) is 13.1. The van der Waals surface area contributed by atoms with E-state index in [1.54, 1.807) is 6.07 Å². The van der Waals surface area contributed by atoms with Crippen LogP contribution < -0.4 is 10.2 Å². The van der Waals surface area contributed by atoms with Crippen molar-refractivity contribution in [1.29, 1.82) is 0 Å². The summed E-state index contributed by atoms with van der Waals surface area (Å²) in [5, 5.41) is 2.56. The summed E-state index contributed by atoms with van der Waals surface area (Å²) in [5.74, 6) is -2.11. The summed E-state index contributed by atoms with van der Waals surface area (Å²) in [7, 11) is 0. The van der Waals surface area contributed by atoms with E-state index in [0.29, 0.717) is 43.2 Å². The predicted octanol–water partition coefficient (Wildman–Crippen LogP) is 3.00. The fourth-order valence-electron chi connectivity index (χ4n) is 2.90. The van der Waals surface area contributed by atoms with Gasteiger partial charge < -0.3 is 15.0 Å². The monoisotopic (exact) mass is 370 g/mol. The lowest BCUT2D eigenvalue weighted by molar-refractivity contribution is 0.102. The highest BCUT2D eigenvalue weighted by molar-refractivity contribution is 6.07. The first-order valence-electron chi connectivity index (χ1n) is 8.48. The van der Waals surface area contributed by atoms with Crippen LogP contribution >= 0.6 is 0 Å². The van der Waals surface area contributed by atoms with Crippen LogP contribution in [-0.2, 0) is 4.74 Å². The van der Waals surface area contributed by atoms with E-state index in [1.807, 2.05) is 23.1 Å². The van der Waals surface area contributed by atoms with Gasteiger partial charge in [-0.15, -0.1) is 0 Å². The summed E-state index contributed by atoms with van der Waals surface area (Å²) in [6.45, 7) is 2.22. The van der Waals surface area contributed by atoms with Crippen LogP contribution in [-0.4, -0.2) is 42.2 Å². The Balaban J connectivity index is 1.73. The molecular weight excluding hydrogens is 354 g/mol. The topological polar surface area (TPSA) is 67.4 Å². The van der Waals surface area contributed by atoms with E-state index in [1.165, 1.54) is 6.07 Å². The molecule has 1 fully saturated rings. The molecule has 4 rings (SSSR count). The smallest absolute Gasteiger partial charge is 0.278 e. The third-order valence-corrected chi connectivity index (χ3v) is 4.26. The molecule has 0 aliphatic carbocycles. The molecule has 1 saturated heterocycles. The number of nitrogens with one attached hydrogen (secondary N) is 1. The number of hydrogen-bond donors (Lipinski definition) is 1. The maximum Gasteiger partial charge on any atom is 0.278 e. The summed E-state index contributed by atoms with van der Waals surface area (Å²) in [4.78, 5) is 23.8. The zero-order valence-electron chi connectivity index (χ0n) is 14.3. The molecule has 27 heavy (non-hydrogen) atoms. The first-order valence-corrected chi connectivity index (χ1v) is 8.48. The van der Waals surface area contributed by atoms with Crippen molar-refractivity contribution in [1.82, 2.24) is 9.97 Å². The summed E-state index contributed by atoms with van der Waals surface area (Å²) in [6, 6.07) is 10.4. The molecule has 0 radical (unpaired) electrons. The van der Waals surface area contributed by atoms with Gasteiger partial charge in [-0.25, -0.2) is 18.7 Å². The van der Waals surface area contributed by atoms with Crippen LogP contribution in [0.4, 0.5) is 20.3 Å². The highest BCUT2D eigenvalue weighted by Gasteiger charge is 2.23.